The van der Waals surface area contributed by atoms with Crippen LogP contribution >= 0.6 is 11.6 Å². The van der Waals surface area contributed by atoms with E-state index in [-0.39, 0.29) is 18.4 Å². The van der Waals surface area contributed by atoms with Crippen LogP contribution in [0.2, 0.25) is 5.02 Å². The highest BCUT2D eigenvalue weighted by atomic mass is 35.5. The normalized spacial score (nSPS) is 12.7. The number of amides is 2. The summed E-state index contributed by atoms with van der Waals surface area (Å²) in [4.78, 5) is 23.4. The molecular weight excluding hydrogens is 290 g/mol. The van der Waals surface area contributed by atoms with Crippen LogP contribution in [0.1, 0.15) is 37.6 Å². The summed E-state index contributed by atoms with van der Waals surface area (Å²) in [6.45, 7) is 5.82. The third-order valence-corrected chi connectivity index (χ3v) is 3.45. The van der Waals surface area contributed by atoms with Crippen LogP contribution in [0.25, 0.3) is 0 Å². The van der Waals surface area contributed by atoms with E-state index < -0.39 is 0 Å². The first kappa shape index (κ1) is 17.2. The Morgan fingerprint density at radius 3 is 2.48 bits per heavy atom. The Kier molecular flexibility index (Phi) is 6.88. The fourth-order valence-corrected chi connectivity index (χ4v) is 1.59. The fourth-order valence-electron chi connectivity index (χ4n) is 1.46. The van der Waals surface area contributed by atoms with Crippen LogP contribution in [-0.2, 0) is 4.79 Å². The molecule has 2 amide bonds. The Balaban J connectivity index is 2.43. The predicted octanol–water partition coefficient (Wildman–Crippen LogP) is 2.61. The molecule has 2 N–H and O–H groups in total. The highest BCUT2D eigenvalue weighted by molar-refractivity contribution is 6.30. The zero-order chi connectivity index (χ0) is 15.8. The van der Waals surface area contributed by atoms with Gasteiger partial charge in [-0.1, -0.05) is 25.4 Å². The van der Waals surface area contributed by atoms with E-state index in [4.69, 9.17) is 11.6 Å². The van der Waals surface area contributed by atoms with Crippen molar-refractivity contribution in [2.45, 2.75) is 27.2 Å². The van der Waals surface area contributed by atoms with Gasteiger partial charge in [-0.3, -0.25) is 9.59 Å². The molecule has 1 atom stereocenters. The molecule has 0 saturated heterocycles. The third-order valence-electron chi connectivity index (χ3n) is 3.20. The summed E-state index contributed by atoms with van der Waals surface area (Å²) in [6, 6.07) is 6.44. The van der Waals surface area contributed by atoms with Gasteiger partial charge in [-0.25, -0.2) is 5.43 Å². The molecule has 0 heterocycles. The van der Waals surface area contributed by atoms with Gasteiger partial charge in [0.15, 0.2) is 0 Å². The van der Waals surface area contributed by atoms with Crippen LogP contribution in [0.3, 0.4) is 0 Å². The zero-order valence-corrected chi connectivity index (χ0v) is 13.2. The van der Waals surface area contributed by atoms with Crippen LogP contribution in [0, 0.1) is 5.92 Å². The summed E-state index contributed by atoms with van der Waals surface area (Å²) in [7, 11) is 0. The van der Waals surface area contributed by atoms with Gasteiger partial charge < -0.3 is 5.32 Å². The number of nitrogens with zero attached hydrogens (tertiary/aromatic N) is 1. The molecule has 0 aliphatic carbocycles. The molecule has 0 aromatic heterocycles. The second kappa shape index (κ2) is 8.42. The van der Waals surface area contributed by atoms with Crippen LogP contribution in [0.5, 0.6) is 0 Å². The molecule has 0 aliphatic heterocycles. The molecule has 0 unspecified atom stereocenters. The maximum atomic E-state index is 11.8. The van der Waals surface area contributed by atoms with E-state index in [1.165, 1.54) is 0 Å². The SMILES string of the molecule is CC[C@H](C)/C(C)=N/NC(=O)CNC(=O)c1ccc(Cl)cc1. The van der Waals surface area contributed by atoms with Crippen molar-refractivity contribution in [3.8, 4) is 0 Å². The monoisotopic (exact) mass is 309 g/mol. The van der Waals surface area contributed by atoms with Crippen molar-refractivity contribution in [2.75, 3.05) is 6.54 Å². The Morgan fingerprint density at radius 2 is 1.90 bits per heavy atom. The van der Waals surface area contributed by atoms with Crippen molar-refractivity contribution in [1.29, 1.82) is 0 Å². The molecule has 5 nitrogen and oxygen atoms in total. The summed E-state index contributed by atoms with van der Waals surface area (Å²) in [5.74, 6) is -0.377. The largest absolute Gasteiger partial charge is 0.343 e. The summed E-state index contributed by atoms with van der Waals surface area (Å²) in [5, 5.41) is 7.08. The summed E-state index contributed by atoms with van der Waals surface area (Å²) in [6.07, 6.45) is 0.957. The number of carbonyl (C=O) groups is 2. The van der Waals surface area contributed by atoms with Crippen molar-refractivity contribution < 1.29 is 9.59 Å². The second-order valence-corrected chi connectivity index (χ2v) is 5.22. The van der Waals surface area contributed by atoms with Crippen molar-refractivity contribution in [2.24, 2.45) is 11.0 Å². The van der Waals surface area contributed by atoms with Gasteiger partial charge in [0.25, 0.3) is 11.8 Å². The summed E-state index contributed by atoms with van der Waals surface area (Å²) in [5.41, 5.74) is 3.73. The lowest BCUT2D eigenvalue weighted by molar-refractivity contribution is -0.120. The second-order valence-electron chi connectivity index (χ2n) is 4.79. The number of hydrogen-bond acceptors (Lipinski definition) is 3. The molecule has 1 aromatic carbocycles. The smallest absolute Gasteiger partial charge is 0.259 e. The molecule has 0 bridgehead atoms. The van der Waals surface area contributed by atoms with Crippen molar-refractivity contribution in [1.82, 2.24) is 10.7 Å². The lowest BCUT2D eigenvalue weighted by atomic mass is 10.1. The third kappa shape index (κ3) is 5.95. The Labute approximate surface area is 129 Å². The van der Waals surface area contributed by atoms with Gasteiger partial charge in [-0.2, -0.15) is 5.10 Å². The molecule has 0 radical (unpaired) electrons. The number of halogens is 1. The molecule has 114 valence electrons. The Morgan fingerprint density at radius 1 is 1.29 bits per heavy atom. The molecule has 1 aromatic rings. The fraction of sp³-hybridized carbons (Fsp3) is 0.400. The van der Waals surface area contributed by atoms with E-state index in [2.05, 4.69) is 22.8 Å². The van der Waals surface area contributed by atoms with Crippen LogP contribution in [0.15, 0.2) is 29.4 Å². The Hall–Kier alpha value is -1.88. The van der Waals surface area contributed by atoms with Crippen LogP contribution in [0.4, 0.5) is 0 Å². The van der Waals surface area contributed by atoms with E-state index in [0.717, 1.165) is 12.1 Å². The number of nitrogens with one attached hydrogen (secondary N) is 2. The maximum absolute atomic E-state index is 11.8. The highest BCUT2D eigenvalue weighted by Gasteiger charge is 2.08. The van der Waals surface area contributed by atoms with Gasteiger partial charge in [0.1, 0.15) is 0 Å². The zero-order valence-electron chi connectivity index (χ0n) is 12.4. The van der Waals surface area contributed by atoms with Gasteiger partial charge in [-0.15, -0.1) is 0 Å². The van der Waals surface area contributed by atoms with E-state index in [0.29, 0.717) is 16.5 Å². The molecule has 0 spiro atoms. The van der Waals surface area contributed by atoms with Gasteiger partial charge in [0, 0.05) is 16.3 Å². The van der Waals surface area contributed by atoms with Gasteiger partial charge >= 0.3 is 0 Å². The van der Waals surface area contributed by atoms with Crippen molar-refractivity contribution in [3.63, 3.8) is 0 Å². The molecular formula is C15H20ClN3O2. The number of carbonyl (C=O) groups excluding carboxylic acids is 2. The first-order valence-corrected chi connectivity index (χ1v) is 7.18. The summed E-state index contributed by atoms with van der Waals surface area (Å²) >= 11 is 5.74. The van der Waals surface area contributed by atoms with E-state index in [9.17, 15) is 9.59 Å². The molecule has 21 heavy (non-hydrogen) atoms. The van der Waals surface area contributed by atoms with Crippen molar-refractivity contribution in [3.05, 3.63) is 34.9 Å². The highest BCUT2D eigenvalue weighted by Crippen LogP contribution is 2.09. The van der Waals surface area contributed by atoms with Gasteiger partial charge in [0.05, 0.1) is 6.54 Å². The average molecular weight is 310 g/mol. The topological polar surface area (TPSA) is 70.6 Å². The molecule has 0 aliphatic rings. The number of hydrazone groups is 1. The maximum Gasteiger partial charge on any atom is 0.259 e. The molecule has 6 heteroatoms. The number of rotatable bonds is 6. The Bertz CT molecular complexity index is 526. The molecule has 0 fully saturated rings. The van der Waals surface area contributed by atoms with E-state index in [1.54, 1.807) is 24.3 Å². The minimum atomic E-state index is -0.361. The van der Waals surface area contributed by atoms with Gasteiger partial charge in [0.2, 0.25) is 0 Å². The molecule has 0 saturated carbocycles. The average Bonchev–Trinajstić information content (AvgIpc) is 2.49. The molecule has 1 rings (SSSR count). The van der Waals surface area contributed by atoms with Gasteiger partial charge in [-0.05, 0) is 43.5 Å². The number of benzene rings is 1. The lowest BCUT2D eigenvalue weighted by Crippen LogP contribution is -2.35. The lowest BCUT2D eigenvalue weighted by Gasteiger charge is -2.08. The first-order chi connectivity index (χ1) is 9.93. The minimum Gasteiger partial charge on any atom is -0.343 e. The first-order valence-electron chi connectivity index (χ1n) is 6.80. The predicted molar refractivity (Wildman–Crippen MR) is 84.5 cm³/mol. The van der Waals surface area contributed by atoms with E-state index in [1.807, 2.05) is 13.8 Å². The van der Waals surface area contributed by atoms with Crippen LogP contribution < -0.4 is 10.7 Å². The van der Waals surface area contributed by atoms with Crippen molar-refractivity contribution >= 4 is 29.1 Å². The standard InChI is InChI=1S/C15H20ClN3O2/c1-4-10(2)11(3)18-19-14(20)9-17-15(21)12-5-7-13(16)8-6-12/h5-8,10H,4,9H2,1-3H3,(H,17,21)(H,19,20)/b18-11+/t10-/m0/s1. The quantitative estimate of drug-likeness (QED) is 0.626. The number of hydrogen-bond donors (Lipinski definition) is 2. The van der Waals surface area contributed by atoms with Crippen LogP contribution in [-0.4, -0.2) is 24.1 Å². The minimum absolute atomic E-state index is 0.126. The summed E-state index contributed by atoms with van der Waals surface area (Å²) < 4.78 is 0. The van der Waals surface area contributed by atoms with E-state index >= 15 is 0 Å².